The van der Waals surface area contributed by atoms with Gasteiger partial charge in [0.1, 0.15) is 0 Å². The van der Waals surface area contributed by atoms with Gasteiger partial charge in [0, 0.05) is 0 Å². The molecular formula is C14H25P. The Hall–Kier alpha value is 0.430. The van der Waals surface area contributed by atoms with Crippen LogP contribution in [0.5, 0.6) is 0 Å². The minimum absolute atomic E-state index is 0.464. The van der Waals surface area contributed by atoms with E-state index < -0.39 is 0 Å². The predicted molar refractivity (Wildman–Crippen MR) is 69.0 cm³/mol. The van der Waals surface area contributed by atoms with Gasteiger partial charge in [-0.25, -0.2) is 0 Å². The summed E-state index contributed by atoms with van der Waals surface area (Å²) in [5, 5.41) is 0.464. The van der Waals surface area contributed by atoms with Crippen LogP contribution in [0.3, 0.4) is 0 Å². The fourth-order valence-corrected chi connectivity index (χ4v) is 5.91. The molecular weight excluding hydrogens is 199 g/mol. The molecule has 0 saturated heterocycles. The summed E-state index contributed by atoms with van der Waals surface area (Å²) in [5.74, 6) is 3.34. The molecule has 0 aromatic carbocycles. The highest BCUT2D eigenvalue weighted by atomic mass is 31.0. The lowest BCUT2D eigenvalue weighted by Crippen LogP contribution is -2.47. The molecule has 4 rings (SSSR count). The van der Waals surface area contributed by atoms with E-state index in [-0.39, 0.29) is 0 Å². The molecule has 4 bridgehead atoms. The molecule has 0 amide bonds. The van der Waals surface area contributed by atoms with E-state index in [2.05, 4.69) is 23.1 Å². The SMILES string of the molecule is CC(C)(P)CC12CC3CC(CC(C3)C1)C2. The molecule has 1 unspecified atom stereocenters. The van der Waals surface area contributed by atoms with Gasteiger partial charge in [-0.3, -0.25) is 0 Å². The van der Waals surface area contributed by atoms with Gasteiger partial charge < -0.3 is 0 Å². The number of hydrogen-bond acceptors (Lipinski definition) is 0. The summed E-state index contributed by atoms with van der Waals surface area (Å²) in [4.78, 5) is 0. The quantitative estimate of drug-likeness (QED) is 0.615. The smallest absolute Gasteiger partial charge is 0.0201 e. The van der Waals surface area contributed by atoms with Crippen molar-refractivity contribution in [2.75, 3.05) is 0 Å². The second-order valence-electron chi connectivity index (χ2n) is 7.58. The number of rotatable bonds is 2. The van der Waals surface area contributed by atoms with Crippen LogP contribution in [0.1, 0.15) is 58.8 Å². The van der Waals surface area contributed by atoms with E-state index in [1.54, 1.807) is 38.5 Å². The normalized spacial score (nSPS) is 48.6. The average Bonchev–Trinajstić information content (AvgIpc) is 1.94. The van der Waals surface area contributed by atoms with E-state index in [0.717, 1.165) is 23.2 Å². The standard InChI is InChI=1S/C14H25P/c1-13(2,15)9-14-6-10-3-11(7-14)5-12(4-10)8-14/h10-12H,3-9,15H2,1-2H3. The molecule has 4 aliphatic carbocycles. The van der Waals surface area contributed by atoms with Crippen molar-refractivity contribution in [3.63, 3.8) is 0 Å². The number of hydrogen-bond donors (Lipinski definition) is 0. The van der Waals surface area contributed by atoms with E-state index in [9.17, 15) is 0 Å². The Morgan fingerprint density at radius 2 is 1.40 bits per heavy atom. The second kappa shape index (κ2) is 3.22. The van der Waals surface area contributed by atoms with E-state index in [1.807, 2.05) is 0 Å². The minimum atomic E-state index is 0.464. The Bertz CT molecular complexity index is 226. The van der Waals surface area contributed by atoms with Crippen LogP contribution >= 0.6 is 9.24 Å². The molecule has 0 aromatic heterocycles. The van der Waals surface area contributed by atoms with Gasteiger partial charge in [0.25, 0.3) is 0 Å². The van der Waals surface area contributed by atoms with E-state index >= 15 is 0 Å². The molecule has 15 heavy (non-hydrogen) atoms. The Balaban J connectivity index is 1.81. The molecule has 86 valence electrons. The maximum absolute atomic E-state index is 3.07. The first kappa shape index (κ1) is 10.6. The fraction of sp³-hybridized carbons (Fsp3) is 1.00. The fourth-order valence-electron chi connectivity index (χ4n) is 5.47. The first-order valence-corrected chi connectivity index (χ1v) is 7.31. The maximum atomic E-state index is 3.07. The van der Waals surface area contributed by atoms with Gasteiger partial charge in [-0.2, -0.15) is 0 Å². The summed E-state index contributed by atoms with van der Waals surface area (Å²) < 4.78 is 0. The molecule has 0 aromatic rings. The van der Waals surface area contributed by atoms with Gasteiger partial charge in [0.2, 0.25) is 0 Å². The monoisotopic (exact) mass is 224 g/mol. The van der Waals surface area contributed by atoms with Crippen LogP contribution in [0.15, 0.2) is 0 Å². The Morgan fingerprint density at radius 3 is 1.73 bits per heavy atom. The van der Waals surface area contributed by atoms with E-state index in [1.165, 1.54) is 6.42 Å². The van der Waals surface area contributed by atoms with E-state index in [4.69, 9.17) is 0 Å². The Kier molecular flexibility index (Phi) is 2.27. The van der Waals surface area contributed by atoms with Crippen molar-refractivity contribution in [3.05, 3.63) is 0 Å². The molecule has 1 heteroatoms. The highest BCUT2D eigenvalue weighted by molar-refractivity contribution is 7.18. The Labute approximate surface area is 96.8 Å². The maximum Gasteiger partial charge on any atom is -0.0201 e. The van der Waals surface area contributed by atoms with Crippen molar-refractivity contribution < 1.29 is 0 Å². The van der Waals surface area contributed by atoms with Crippen LogP contribution in [-0.2, 0) is 0 Å². The van der Waals surface area contributed by atoms with Gasteiger partial charge in [0.05, 0.1) is 0 Å². The van der Waals surface area contributed by atoms with Crippen LogP contribution < -0.4 is 0 Å². The lowest BCUT2D eigenvalue weighted by Gasteiger charge is -2.58. The molecule has 4 saturated carbocycles. The molecule has 0 aliphatic heterocycles. The van der Waals surface area contributed by atoms with Crippen LogP contribution in [0.25, 0.3) is 0 Å². The molecule has 4 aliphatic rings. The van der Waals surface area contributed by atoms with Gasteiger partial charge in [-0.1, -0.05) is 13.8 Å². The summed E-state index contributed by atoms with van der Waals surface area (Å²) in [5.41, 5.74) is 0.764. The zero-order valence-electron chi connectivity index (χ0n) is 10.3. The largest absolute Gasteiger partial charge is 0.132 e. The molecule has 0 nitrogen and oxygen atoms in total. The molecule has 1 atom stereocenters. The summed E-state index contributed by atoms with van der Waals surface area (Å²) in [6.07, 6.45) is 10.9. The van der Waals surface area contributed by atoms with Gasteiger partial charge >= 0.3 is 0 Å². The lowest BCUT2D eigenvalue weighted by atomic mass is 9.48. The van der Waals surface area contributed by atoms with Gasteiger partial charge in [-0.05, 0) is 73.3 Å². The summed E-state index contributed by atoms with van der Waals surface area (Å²) in [6, 6.07) is 0. The first-order valence-electron chi connectivity index (χ1n) is 6.73. The van der Waals surface area contributed by atoms with Crippen molar-refractivity contribution >= 4 is 9.24 Å². The Morgan fingerprint density at radius 1 is 1.00 bits per heavy atom. The zero-order chi connectivity index (χ0) is 10.7. The van der Waals surface area contributed by atoms with Crippen LogP contribution in [0, 0.1) is 23.2 Å². The van der Waals surface area contributed by atoms with Crippen molar-refractivity contribution in [1.82, 2.24) is 0 Å². The average molecular weight is 224 g/mol. The molecule has 0 heterocycles. The van der Waals surface area contributed by atoms with Crippen molar-refractivity contribution in [2.24, 2.45) is 23.2 Å². The third kappa shape index (κ3) is 1.99. The summed E-state index contributed by atoms with van der Waals surface area (Å²) in [7, 11) is 3.07. The zero-order valence-corrected chi connectivity index (χ0v) is 11.4. The van der Waals surface area contributed by atoms with Crippen molar-refractivity contribution in [1.29, 1.82) is 0 Å². The molecule has 0 radical (unpaired) electrons. The minimum Gasteiger partial charge on any atom is -0.132 e. The topological polar surface area (TPSA) is 0 Å². The van der Waals surface area contributed by atoms with E-state index in [0.29, 0.717) is 5.16 Å². The van der Waals surface area contributed by atoms with Gasteiger partial charge in [-0.15, -0.1) is 9.24 Å². The van der Waals surface area contributed by atoms with Gasteiger partial charge in [0.15, 0.2) is 0 Å². The van der Waals surface area contributed by atoms with Crippen molar-refractivity contribution in [3.8, 4) is 0 Å². The highest BCUT2D eigenvalue weighted by Crippen LogP contribution is 2.62. The molecule has 0 spiro atoms. The van der Waals surface area contributed by atoms with Crippen LogP contribution in [0.4, 0.5) is 0 Å². The molecule has 0 N–H and O–H groups in total. The third-order valence-electron chi connectivity index (χ3n) is 5.00. The molecule has 4 fully saturated rings. The van der Waals surface area contributed by atoms with Crippen LogP contribution in [0.2, 0.25) is 0 Å². The lowest BCUT2D eigenvalue weighted by molar-refractivity contribution is -0.0608. The van der Waals surface area contributed by atoms with Crippen LogP contribution in [-0.4, -0.2) is 5.16 Å². The summed E-state index contributed by atoms with van der Waals surface area (Å²) in [6.45, 7) is 4.80. The second-order valence-corrected chi connectivity index (χ2v) is 9.15. The van der Waals surface area contributed by atoms with Crippen molar-refractivity contribution in [2.45, 2.75) is 63.9 Å². The summed E-state index contributed by atoms with van der Waals surface area (Å²) >= 11 is 0. The highest BCUT2D eigenvalue weighted by Gasteiger charge is 2.51. The third-order valence-corrected chi connectivity index (χ3v) is 5.20. The first-order chi connectivity index (χ1) is 6.94. The predicted octanol–water partition coefficient (Wildman–Crippen LogP) is 4.25.